The number of aryl methyl sites for hydroxylation is 2. The maximum atomic E-state index is 4.69. The van der Waals surface area contributed by atoms with E-state index in [1.54, 1.807) is 0 Å². The van der Waals surface area contributed by atoms with Gasteiger partial charge in [0.1, 0.15) is 0 Å². The molecule has 1 saturated carbocycles. The summed E-state index contributed by atoms with van der Waals surface area (Å²) in [7, 11) is 0. The lowest BCUT2D eigenvalue weighted by Gasteiger charge is -2.34. The highest BCUT2D eigenvalue weighted by molar-refractivity contribution is 5.67. The van der Waals surface area contributed by atoms with Gasteiger partial charge in [-0.25, -0.2) is 0 Å². The number of rotatable bonds is 9. The molecular weight excluding hydrogens is 480 g/mol. The van der Waals surface area contributed by atoms with E-state index in [0.717, 1.165) is 37.7 Å². The Morgan fingerprint density at radius 1 is 0.850 bits per heavy atom. The van der Waals surface area contributed by atoms with Gasteiger partial charge >= 0.3 is 0 Å². The molecule has 0 heterocycles. The van der Waals surface area contributed by atoms with Crippen molar-refractivity contribution >= 4 is 11.6 Å². The molecule has 0 aromatic heterocycles. The molecule has 0 aliphatic heterocycles. The molecule has 0 N–H and O–H groups in total. The van der Waals surface area contributed by atoms with Crippen molar-refractivity contribution in [1.82, 2.24) is 0 Å². The zero-order valence-electron chi connectivity index (χ0n) is 24.5. The summed E-state index contributed by atoms with van der Waals surface area (Å²) >= 11 is 0. The van der Waals surface area contributed by atoms with Gasteiger partial charge in [0, 0.05) is 11.8 Å². The van der Waals surface area contributed by atoms with E-state index in [1.165, 1.54) is 61.3 Å². The zero-order valence-corrected chi connectivity index (χ0v) is 24.5. The summed E-state index contributed by atoms with van der Waals surface area (Å²) in [5.74, 6) is 0.585. The third-order valence-electron chi connectivity index (χ3n) is 8.61. The van der Waals surface area contributed by atoms with Crippen molar-refractivity contribution in [1.29, 1.82) is 0 Å². The van der Waals surface area contributed by atoms with Crippen LogP contribution in [0.25, 0.3) is 11.6 Å². The van der Waals surface area contributed by atoms with Crippen LogP contribution in [-0.4, -0.2) is 0 Å². The van der Waals surface area contributed by atoms with Gasteiger partial charge < -0.3 is 0 Å². The highest BCUT2D eigenvalue weighted by Gasteiger charge is 2.40. The van der Waals surface area contributed by atoms with Crippen LogP contribution < -0.4 is 0 Å². The predicted molar refractivity (Wildman–Crippen MR) is 174 cm³/mol. The zero-order chi connectivity index (χ0) is 28.2. The van der Waals surface area contributed by atoms with Crippen LogP contribution in [-0.2, 0) is 12.8 Å². The number of hydrogen-bond acceptors (Lipinski definition) is 0. The Morgan fingerprint density at radius 3 is 2.08 bits per heavy atom. The Hall–Kier alpha value is -3.90. The van der Waals surface area contributed by atoms with Crippen LogP contribution in [0.15, 0.2) is 138 Å². The van der Waals surface area contributed by atoms with E-state index in [4.69, 9.17) is 0 Å². The monoisotopic (exact) mass is 522 g/mol. The van der Waals surface area contributed by atoms with Crippen molar-refractivity contribution in [2.45, 2.75) is 58.8 Å². The van der Waals surface area contributed by atoms with Crippen molar-refractivity contribution < 1.29 is 0 Å². The van der Waals surface area contributed by atoms with Gasteiger partial charge in [-0.2, -0.15) is 0 Å². The molecule has 2 unspecified atom stereocenters. The summed E-state index contributed by atoms with van der Waals surface area (Å²) in [6.07, 6.45) is 9.99. The number of fused-ring (bicyclic) bond motifs is 1. The van der Waals surface area contributed by atoms with Crippen molar-refractivity contribution in [3.8, 4) is 0 Å². The van der Waals surface area contributed by atoms with Gasteiger partial charge in [0.05, 0.1) is 0 Å². The molecule has 3 aromatic carbocycles. The largest absolute Gasteiger partial charge is 0.0955 e. The van der Waals surface area contributed by atoms with Crippen LogP contribution in [0.2, 0.25) is 0 Å². The van der Waals surface area contributed by atoms with Crippen LogP contribution in [0.5, 0.6) is 0 Å². The highest BCUT2D eigenvalue weighted by Crippen LogP contribution is 2.55. The minimum absolute atomic E-state index is 0.283. The average Bonchev–Trinajstić information content (AvgIpc) is 3.26. The second kappa shape index (κ2) is 12.1. The second-order valence-electron chi connectivity index (χ2n) is 11.6. The fourth-order valence-electron chi connectivity index (χ4n) is 6.52. The van der Waals surface area contributed by atoms with E-state index < -0.39 is 0 Å². The first kappa shape index (κ1) is 27.7. The van der Waals surface area contributed by atoms with Gasteiger partial charge in [-0.1, -0.05) is 141 Å². The maximum absolute atomic E-state index is 4.69. The van der Waals surface area contributed by atoms with Crippen LogP contribution in [0, 0.1) is 5.92 Å². The molecule has 0 spiro atoms. The van der Waals surface area contributed by atoms with Crippen molar-refractivity contribution in [2.24, 2.45) is 5.92 Å². The first-order chi connectivity index (χ1) is 19.4. The Kier molecular flexibility index (Phi) is 8.36. The van der Waals surface area contributed by atoms with Crippen molar-refractivity contribution in [2.75, 3.05) is 0 Å². The quantitative estimate of drug-likeness (QED) is 0.262. The number of benzene rings is 3. The van der Waals surface area contributed by atoms with E-state index in [2.05, 4.69) is 132 Å². The molecule has 2 aliphatic carbocycles. The smallest absolute Gasteiger partial charge is 0.0201 e. The van der Waals surface area contributed by atoms with E-state index in [9.17, 15) is 0 Å². The third kappa shape index (κ3) is 5.82. The molecule has 0 heteroatoms. The molecule has 1 fully saturated rings. The predicted octanol–water partition coefficient (Wildman–Crippen LogP) is 10.9. The minimum Gasteiger partial charge on any atom is -0.0955 e. The SMILES string of the molecule is C=C(CCC)C1=C(C)C=C2CC(=Cc3ccc(CCc4ccc(C(=C)C)cc4)cc3)C(=C)C2C1c1ccccc1. The Balaban J connectivity index is 1.34. The lowest BCUT2D eigenvalue weighted by Crippen LogP contribution is -2.21. The van der Waals surface area contributed by atoms with E-state index >= 15 is 0 Å². The Labute approximate surface area is 241 Å². The van der Waals surface area contributed by atoms with Crippen molar-refractivity contribution in [3.05, 3.63) is 166 Å². The summed E-state index contributed by atoms with van der Waals surface area (Å²) < 4.78 is 0. The maximum Gasteiger partial charge on any atom is 0.0201 e. The summed E-state index contributed by atoms with van der Waals surface area (Å²) in [4.78, 5) is 0. The van der Waals surface area contributed by atoms with Crippen LogP contribution >= 0.6 is 0 Å². The van der Waals surface area contributed by atoms with Crippen LogP contribution in [0.4, 0.5) is 0 Å². The van der Waals surface area contributed by atoms with Gasteiger partial charge in [-0.05, 0) is 89.6 Å². The molecule has 0 saturated heterocycles. The summed E-state index contributed by atoms with van der Waals surface area (Å²) in [5, 5.41) is 0. The van der Waals surface area contributed by atoms with Crippen LogP contribution in [0.3, 0.4) is 0 Å². The normalized spacial score (nSPS) is 19.5. The third-order valence-corrected chi connectivity index (χ3v) is 8.61. The molecule has 0 radical (unpaired) electrons. The fourth-order valence-corrected chi connectivity index (χ4v) is 6.52. The standard InChI is InChI=1S/C40H42/c1-7-11-28(4)38-29(5)24-37-26-36(30(6)39(37)40(38)35-12-9-8-10-13-35)25-33-18-16-31(17-19-33)14-15-32-20-22-34(23-21-32)27(2)3/h8-10,12-13,16-25,39-40H,2,4,6-7,11,14-15,26H2,1,3,5H3. The van der Waals surface area contributed by atoms with Gasteiger partial charge in [0.2, 0.25) is 0 Å². The number of hydrogen-bond donors (Lipinski definition) is 0. The molecule has 0 bridgehead atoms. The number of allylic oxidation sites excluding steroid dienone is 8. The minimum atomic E-state index is 0.283. The first-order valence-electron chi connectivity index (χ1n) is 14.7. The highest BCUT2D eigenvalue weighted by atomic mass is 14.4. The molecule has 2 aliphatic rings. The first-order valence-corrected chi connectivity index (χ1v) is 14.7. The molecule has 3 aromatic rings. The van der Waals surface area contributed by atoms with Crippen LogP contribution in [0.1, 0.15) is 73.8 Å². The average molecular weight is 523 g/mol. The van der Waals surface area contributed by atoms with Gasteiger partial charge in [0.15, 0.2) is 0 Å². The molecule has 2 atom stereocenters. The second-order valence-corrected chi connectivity index (χ2v) is 11.6. The molecular formula is C40H42. The topological polar surface area (TPSA) is 0 Å². The lowest BCUT2D eigenvalue weighted by molar-refractivity contribution is 0.619. The van der Waals surface area contributed by atoms with E-state index in [-0.39, 0.29) is 5.92 Å². The van der Waals surface area contributed by atoms with E-state index in [1.807, 2.05) is 0 Å². The van der Waals surface area contributed by atoms with Crippen molar-refractivity contribution in [3.63, 3.8) is 0 Å². The lowest BCUT2D eigenvalue weighted by atomic mass is 9.69. The summed E-state index contributed by atoms with van der Waals surface area (Å²) in [5.41, 5.74) is 15.9. The molecule has 0 nitrogen and oxygen atoms in total. The Bertz CT molecular complexity index is 1500. The molecule has 0 amide bonds. The van der Waals surface area contributed by atoms with Gasteiger partial charge in [0.25, 0.3) is 0 Å². The molecule has 40 heavy (non-hydrogen) atoms. The Morgan fingerprint density at radius 2 is 1.48 bits per heavy atom. The van der Waals surface area contributed by atoms with Gasteiger partial charge in [-0.3, -0.25) is 0 Å². The van der Waals surface area contributed by atoms with Gasteiger partial charge in [-0.15, -0.1) is 0 Å². The van der Waals surface area contributed by atoms with E-state index in [0.29, 0.717) is 5.92 Å². The molecule has 202 valence electrons. The summed E-state index contributed by atoms with van der Waals surface area (Å²) in [6.45, 7) is 19.8. The molecule has 5 rings (SSSR count). The summed E-state index contributed by atoms with van der Waals surface area (Å²) in [6, 6.07) is 28.9. The fraction of sp³-hybridized carbons (Fsp3) is 0.250.